The molecule has 2 aromatic heterocycles. The molecule has 86 valence electrons. The Kier molecular flexibility index (Phi) is 2.95. The fraction of sp³-hybridized carbons (Fsp3) is 0.333. The zero-order chi connectivity index (χ0) is 11.5. The van der Waals surface area contributed by atoms with Crippen molar-refractivity contribution in [3.63, 3.8) is 0 Å². The number of nitrogens with two attached hydrogens (primary N) is 1. The molecule has 0 fully saturated rings. The zero-order valence-electron chi connectivity index (χ0n) is 9.10. The Labute approximate surface area is 97.2 Å². The third-order valence-corrected chi connectivity index (χ3v) is 3.01. The first-order chi connectivity index (χ1) is 7.72. The number of anilines is 2. The van der Waals surface area contributed by atoms with Gasteiger partial charge in [-0.2, -0.15) is 4.37 Å². The summed E-state index contributed by atoms with van der Waals surface area (Å²) in [6, 6.07) is 0. The second kappa shape index (κ2) is 4.40. The van der Waals surface area contributed by atoms with E-state index in [9.17, 15) is 0 Å². The monoisotopic (exact) mass is 239 g/mol. The highest BCUT2D eigenvalue weighted by Gasteiger charge is 2.11. The first-order valence-electron chi connectivity index (χ1n) is 4.71. The lowest BCUT2D eigenvalue weighted by Crippen LogP contribution is -2.05. The summed E-state index contributed by atoms with van der Waals surface area (Å²) in [5.74, 6) is 1.95. The van der Waals surface area contributed by atoms with Crippen LogP contribution in [0.2, 0.25) is 0 Å². The summed E-state index contributed by atoms with van der Waals surface area (Å²) in [4.78, 5) is 4.21. The number of aryl methyl sites for hydroxylation is 1. The van der Waals surface area contributed by atoms with Crippen molar-refractivity contribution in [3.8, 4) is 5.75 Å². The van der Waals surface area contributed by atoms with Crippen molar-refractivity contribution in [3.05, 3.63) is 18.2 Å². The summed E-state index contributed by atoms with van der Waals surface area (Å²) < 4.78 is 11.1. The number of nitrogen functional groups attached to an aromatic ring is 1. The van der Waals surface area contributed by atoms with E-state index in [4.69, 9.17) is 10.5 Å². The lowest BCUT2D eigenvalue weighted by molar-refractivity contribution is 0.419. The van der Waals surface area contributed by atoms with Crippen LogP contribution in [0.25, 0.3) is 0 Å². The van der Waals surface area contributed by atoms with Crippen LogP contribution in [-0.2, 0) is 13.6 Å². The van der Waals surface area contributed by atoms with Gasteiger partial charge < -0.3 is 20.4 Å². The second-order valence-electron chi connectivity index (χ2n) is 3.24. The predicted octanol–water partition coefficient (Wildman–Crippen LogP) is 1.08. The molecule has 0 aliphatic rings. The number of nitrogens with one attached hydrogen (secondary N) is 1. The average Bonchev–Trinajstić information content (AvgIpc) is 2.82. The average molecular weight is 239 g/mol. The van der Waals surface area contributed by atoms with E-state index in [1.807, 2.05) is 17.8 Å². The van der Waals surface area contributed by atoms with Crippen LogP contribution >= 0.6 is 11.5 Å². The van der Waals surface area contributed by atoms with Gasteiger partial charge in [0, 0.05) is 19.4 Å². The molecule has 7 heteroatoms. The lowest BCUT2D eigenvalue weighted by Gasteiger charge is -2.05. The van der Waals surface area contributed by atoms with E-state index in [1.54, 1.807) is 13.3 Å². The van der Waals surface area contributed by atoms with Crippen molar-refractivity contribution in [2.24, 2.45) is 7.05 Å². The largest absolute Gasteiger partial charge is 0.490 e. The molecule has 0 bridgehead atoms. The Morgan fingerprint density at radius 1 is 1.62 bits per heavy atom. The Hall–Kier alpha value is -1.76. The number of ether oxygens (including phenoxy) is 1. The third-order valence-electron chi connectivity index (χ3n) is 2.21. The molecule has 0 atom stereocenters. The zero-order valence-corrected chi connectivity index (χ0v) is 9.91. The molecule has 0 saturated heterocycles. The number of hydrogen-bond donors (Lipinski definition) is 2. The minimum atomic E-state index is 0.412. The number of nitrogens with zero attached hydrogens (tertiary/aromatic N) is 3. The smallest absolute Gasteiger partial charge is 0.197 e. The molecule has 0 aliphatic carbocycles. The summed E-state index contributed by atoms with van der Waals surface area (Å²) in [7, 11) is 3.52. The lowest BCUT2D eigenvalue weighted by atomic mass is 10.5. The minimum absolute atomic E-state index is 0.412. The minimum Gasteiger partial charge on any atom is -0.490 e. The Bertz CT molecular complexity index is 478. The van der Waals surface area contributed by atoms with E-state index in [2.05, 4.69) is 14.7 Å². The van der Waals surface area contributed by atoms with Gasteiger partial charge in [-0.05, 0) is 11.5 Å². The summed E-state index contributed by atoms with van der Waals surface area (Å²) in [5.41, 5.74) is 5.64. The fourth-order valence-electron chi connectivity index (χ4n) is 1.33. The van der Waals surface area contributed by atoms with Crippen molar-refractivity contribution in [1.29, 1.82) is 0 Å². The number of imidazole rings is 1. The van der Waals surface area contributed by atoms with Crippen molar-refractivity contribution in [2.75, 3.05) is 18.2 Å². The molecule has 0 spiro atoms. The van der Waals surface area contributed by atoms with Crippen molar-refractivity contribution >= 4 is 22.4 Å². The van der Waals surface area contributed by atoms with Crippen LogP contribution in [-0.4, -0.2) is 21.0 Å². The van der Waals surface area contributed by atoms with Gasteiger partial charge in [-0.3, -0.25) is 0 Å². The highest BCUT2D eigenvalue weighted by atomic mass is 32.1. The highest BCUT2D eigenvalue weighted by Crippen LogP contribution is 2.34. The van der Waals surface area contributed by atoms with Crippen molar-refractivity contribution in [1.82, 2.24) is 13.9 Å². The molecule has 0 radical (unpaired) electrons. The van der Waals surface area contributed by atoms with Crippen molar-refractivity contribution < 1.29 is 4.74 Å². The summed E-state index contributed by atoms with van der Waals surface area (Å²) in [6.07, 6.45) is 3.66. The molecular formula is C9H13N5OS. The van der Waals surface area contributed by atoms with Crippen LogP contribution in [0.3, 0.4) is 0 Å². The van der Waals surface area contributed by atoms with Gasteiger partial charge in [0.15, 0.2) is 16.6 Å². The molecule has 2 heterocycles. The van der Waals surface area contributed by atoms with Gasteiger partial charge in [0.05, 0.1) is 13.7 Å². The molecular weight excluding hydrogens is 226 g/mol. The Morgan fingerprint density at radius 3 is 3.06 bits per heavy atom. The van der Waals surface area contributed by atoms with Gasteiger partial charge >= 0.3 is 0 Å². The van der Waals surface area contributed by atoms with E-state index in [-0.39, 0.29) is 0 Å². The summed E-state index contributed by atoms with van der Waals surface area (Å²) in [6.45, 7) is 0.613. The van der Waals surface area contributed by atoms with E-state index >= 15 is 0 Å². The first kappa shape index (κ1) is 10.7. The maximum absolute atomic E-state index is 5.64. The number of rotatable bonds is 4. The summed E-state index contributed by atoms with van der Waals surface area (Å²) in [5, 5.41) is 4.02. The number of methoxy groups -OCH3 is 1. The van der Waals surface area contributed by atoms with Crippen LogP contribution in [0.4, 0.5) is 10.8 Å². The van der Waals surface area contributed by atoms with Gasteiger partial charge in [0.2, 0.25) is 0 Å². The van der Waals surface area contributed by atoms with E-state index in [0.717, 1.165) is 10.8 Å². The number of aromatic nitrogens is 3. The Morgan fingerprint density at radius 2 is 2.44 bits per heavy atom. The SMILES string of the molecule is COc1c(N)nsc1NCc1nccn1C. The molecule has 3 N–H and O–H groups in total. The maximum atomic E-state index is 5.64. The fourth-order valence-corrected chi connectivity index (χ4v) is 2.01. The normalized spacial score (nSPS) is 10.4. The van der Waals surface area contributed by atoms with Crippen LogP contribution in [0.15, 0.2) is 12.4 Å². The standard InChI is InChI=1S/C9H13N5OS/c1-14-4-3-11-6(14)5-12-9-7(15-2)8(10)13-16-9/h3-4,12H,5H2,1-2H3,(H2,10,13). The molecule has 2 aromatic rings. The predicted molar refractivity (Wildman–Crippen MR) is 63.6 cm³/mol. The van der Waals surface area contributed by atoms with Crippen molar-refractivity contribution in [2.45, 2.75) is 6.54 Å². The topological polar surface area (TPSA) is 78.0 Å². The van der Waals surface area contributed by atoms with E-state index < -0.39 is 0 Å². The van der Waals surface area contributed by atoms with Crippen LogP contribution in [0.1, 0.15) is 5.82 Å². The van der Waals surface area contributed by atoms with Gasteiger partial charge in [0.25, 0.3) is 0 Å². The van der Waals surface area contributed by atoms with Gasteiger partial charge in [0.1, 0.15) is 5.82 Å². The van der Waals surface area contributed by atoms with Crippen LogP contribution in [0.5, 0.6) is 5.75 Å². The molecule has 0 amide bonds. The molecule has 0 unspecified atom stereocenters. The second-order valence-corrected chi connectivity index (χ2v) is 4.01. The van der Waals surface area contributed by atoms with Gasteiger partial charge in [-0.25, -0.2) is 4.98 Å². The maximum Gasteiger partial charge on any atom is 0.197 e. The van der Waals surface area contributed by atoms with E-state index in [1.165, 1.54) is 11.5 Å². The number of hydrogen-bond acceptors (Lipinski definition) is 6. The third kappa shape index (κ3) is 1.94. The Balaban J connectivity index is 2.07. The molecule has 16 heavy (non-hydrogen) atoms. The summed E-state index contributed by atoms with van der Waals surface area (Å²) >= 11 is 1.28. The molecule has 0 aliphatic heterocycles. The van der Waals surface area contributed by atoms with Gasteiger partial charge in [-0.15, -0.1) is 0 Å². The van der Waals surface area contributed by atoms with Crippen LogP contribution in [0, 0.1) is 0 Å². The molecule has 6 nitrogen and oxygen atoms in total. The quantitative estimate of drug-likeness (QED) is 0.834. The highest BCUT2D eigenvalue weighted by molar-refractivity contribution is 7.11. The first-order valence-corrected chi connectivity index (χ1v) is 5.49. The van der Waals surface area contributed by atoms with Crippen LogP contribution < -0.4 is 15.8 Å². The molecule has 2 rings (SSSR count). The van der Waals surface area contributed by atoms with E-state index in [0.29, 0.717) is 18.1 Å². The van der Waals surface area contributed by atoms with Gasteiger partial charge in [-0.1, -0.05) is 0 Å². The molecule has 0 aromatic carbocycles. The molecule has 0 saturated carbocycles.